The highest BCUT2D eigenvalue weighted by Gasteiger charge is 2.53. The molecule has 48 nitrogen and oxygen atoms in total. The first-order chi connectivity index (χ1) is 65.8. The number of carbonyl (C=O) groups is 6. The molecule has 138 heavy (non-hydrogen) atoms. The van der Waals surface area contributed by atoms with Crippen LogP contribution in [-0.4, -0.2) is 382 Å². The minimum atomic E-state index is -2.32. The molecule has 30 atom stereocenters. The van der Waals surface area contributed by atoms with Gasteiger partial charge in [0.15, 0.2) is 17.3 Å². The summed E-state index contributed by atoms with van der Waals surface area (Å²) in [5.41, 5.74) is 0.678. The SMILES string of the molecule is O=C1C=CC(=CC=C(O)OC[C@@H]2O[C@H](Oc3ccc(/C=C\C(=O)OC[C@@H]4O[C@H](Oc5cc(-c6[o+]c7cc(O)cc(O)c7cc6O[C@H]6O[C@@H](COC(=O)CC(=O)O)[C@H](O)[C@H](O)[C@H]6O)cc(O[C@H]6O[C@H](COC(=O)/C=C\c7ccc(O[C@H]8O[C@@H](COC(=O)/C=C\c9ccc(O[C@H]%10O[C@@H](CO)[C@H](O)[C@H](O)[C@H]%10O)cc9)[C@H](O)[C@H](O)[C@H]8O)cc7)[C@@H](O)[C@@H](O)[C@H]6O)c5O)[C@H](O)[C@@H](O)[C@H]4O)cc3)[C@H](O)[C@@H](O)[C@H]2O)C=C1. The van der Waals surface area contributed by atoms with Crippen molar-refractivity contribution in [2.24, 2.45) is 0 Å². The summed E-state index contributed by atoms with van der Waals surface area (Å²) in [7, 11) is 0. The van der Waals surface area contributed by atoms with E-state index in [2.05, 4.69) is 0 Å². The molecule has 0 amide bonds. The first-order valence-corrected chi connectivity index (χ1v) is 42.1. The molecular formula is C90H97O48+. The first-order valence-electron chi connectivity index (χ1n) is 42.1. The van der Waals surface area contributed by atoms with Gasteiger partial charge in [-0.05, 0) is 95.1 Å². The Morgan fingerprint density at radius 2 is 0.688 bits per heavy atom. The zero-order valence-corrected chi connectivity index (χ0v) is 71.5. The van der Waals surface area contributed by atoms with Crippen LogP contribution in [0.3, 0.4) is 0 Å². The number of esters is 4. The zero-order chi connectivity index (χ0) is 99.4. The summed E-state index contributed by atoms with van der Waals surface area (Å²) in [5.74, 6) is -12.5. The first kappa shape index (κ1) is 103. The van der Waals surface area contributed by atoms with Crippen LogP contribution >= 0.6 is 0 Å². The molecule has 744 valence electrons. The molecule has 13 rings (SSSR count). The quantitative estimate of drug-likeness (QED) is 0.00452. The van der Waals surface area contributed by atoms with E-state index in [-0.39, 0.29) is 34.0 Å². The molecule has 0 bridgehead atoms. The second-order valence-corrected chi connectivity index (χ2v) is 32.0. The molecule has 5 aromatic carbocycles. The molecule has 48 heteroatoms. The number of ketones is 1. The van der Waals surface area contributed by atoms with Crippen LogP contribution < -0.4 is 28.4 Å². The summed E-state index contributed by atoms with van der Waals surface area (Å²) in [6, 6.07) is 21.4. The molecule has 0 spiro atoms. The molecule has 7 heterocycles. The van der Waals surface area contributed by atoms with Crippen molar-refractivity contribution < 1.29 is 236 Å². The van der Waals surface area contributed by atoms with Crippen LogP contribution in [-0.2, 0) is 80.9 Å². The van der Waals surface area contributed by atoms with E-state index in [1.54, 1.807) is 0 Å². The lowest BCUT2D eigenvalue weighted by Crippen LogP contribution is -2.60. The summed E-state index contributed by atoms with van der Waals surface area (Å²) in [5, 5.41) is 259. The number of ether oxygens (including phenoxy) is 17. The van der Waals surface area contributed by atoms with Crippen LogP contribution in [0.2, 0.25) is 0 Å². The maximum absolute atomic E-state index is 13.4. The smallest absolute Gasteiger partial charge is 0.402 e. The third-order valence-electron chi connectivity index (χ3n) is 22.2. The molecule has 0 saturated carbocycles. The standard InChI is InChI=1S/C90H96O48/c91-31-53-66(103)72(109)78(115)85(133-53)126-44-15-3-38(4-16-44)10-22-61(98)122-33-55-68(105)74(111)80(117)87(135-55)128-46-19-7-40(8-20-46)12-24-63(100)124-35-57-70(107)76(113)82(119)89(137-57)131-51-26-41(84-52(29-47-48(94)27-43(93)28-49(47)129-84)132-90-83(120)77(114)71(108)58(138-90)36-125-64(101)30-59(95)96)25-50(65(51)102)130-88-81(118)75(112)69(106)56(136-88)34-123-62(99)23-11-39-5-17-45(18-6-39)127-86-79(116)73(110)67(104)54(134-86)32-121-60(97)21-9-37-1-13-42(92)14-2-37/h1-29,53-58,66-83,85-91,103-120H,30-36H2,(H4-,92,93,94,95,96,97,102)/p+1/b22-10-,23-11-,24-12-/t53-,54-,55-,56-,57+,58-,66-,67-,68-,69-,70+,71-,72-,73-,74-,75-,76+,77-,78+,79+,80+,81+,82+,83+,85-,86-,87-,88-,89-,90-/m0/s1. The summed E-state index contributed by atoms with van der Waals surface area (Å²) < 4.78 is 102. The summed E-state index contributed by atoms with van der Waals surface area (Å²) in [4.78, 5) is 74.5. The van der Waals surface area contributed by atoms with Gasteiger partial charge in [0.1, 0.15) is 220 Å². The van der Waals surface area contributed by atoms with Gasteiger partial charge in [-0.25, -0.2) is 18.8 Å². The molecule has 24 N–H and O–H groups in total. The van der Waals surface area contributed by atoms with E-state index in [1.165, 1.54) is 121 Å². The van der Waals surface area contributed by atoms with E-state index < -0.39 is 317 Å². The third-order valence-corrected chi connectivity index (χ3v) is 22.2. The van der Waals surface area contributed by atoms with Gasteiger partial charge < -0.3 is 203 Å². The number of carbonyl (C=O) groups excluding carboxylic acids is 5. The van der Waals surface area contributed by atoms with Crippen molar-refractivity contribution in [2.75, 3.05) is 39.6 Å². The van der Waals surface area contributed by atoms with Crippen LogP contribution in [0.1, 0.15) is 23.1 Å². The van der Waals surface area contributed by atoms with Gasteiger partial charge in [-0.2, -0.15) is 0 Å². The van der Waals surface area contributed by atoms with Crippen LogP contribution in [0.5, 0.6) is 51.7 Å². The number of aromatic hydroxyl groups is 3. The lowest BCUT2D eigenvalue weighted by molar-refractivity contribution is -0.279. The minimum Gasteiger partial charge on any atom is -0.507 e. The number of allylic oxidation sites excluding steroid dienone is 7. The number of rotatable bonds is 34. The number of carboxylic acid groups (broad SMARTS) is 1. The van der Waals surface area contributed by atoms with E-state index >= 15 is 0 Å². The Bertz CT molecular complexity index is 5420. The zero-order valence-electron chi connectivity index (χ0n) is 71.5. The predicted octanol–water partition coefficient (Wildman–Crippen LogP) is -4.57. The topological polar surface area (TPSA) is 756 Å². The van der Waals surface area contributed by atoms with Gasteiger partial charge in [0, 0.05) is 48.6 Å². The molecule has 7 aliphatic rings. The number of hydrogen-bond acceptors (Lipinski definition) is 46. The average molecular weight is 1950 g/mol. The Labute approximate surface area is 777 Å². The molecule has 6 fully saturated rings. The van der Waals surface area contributed by atoms with E-state index in [0.29, 0.717) is 16.7 Å². The Hall–Kier alpha value is -12.5. The monoisotopic (exact) mass is 1950 g/mol. The maximum Gasteiger partial charge on any atom is 0.402 e. The van der Waals surface area contributed by atoms with Crippen molar-refractivity contribution in [1.29, 1.82) is 0 Å². The van der Waals surface area contributed by atoms with Crippen molar-refractivity contribution in [3.8, 4) is 63.1 Å². The Kier molecular flexibility index (Phi) is 34.2. The van der Waals surface area contributed by atoms with Gasteiger partial charge in [0.05, 0.1) is 18.2 Å². The van der Waals surface area contributed by atoms with Crippen molar-refractivity contribution in [3.63, 3.8) is 0 Å². The largest absolute Gasteiger partial charge is 0.507 e. The number of aliphatic hydroxyl groups excluding tert-OH is 20. The van der Waals surface area contributed by atoms with E-state index in [4.69, 9.17) is 90.1 Å². The highest BCUT2D eigenvalue weighted by Crippen LogP contribution is 2.48. The van der Waals surface area contributed by atoms with Gasteiger partial charge in [-0.3, -0.25) is 14.4 Å². The van der Waals surface area contributed by atoms with Crippen LogP contribution in [0, 0.1) is 0 Å². The van der Waals surface area contributed by atoms with Crippen molar-refractivity contribution >= 4 is 64.8 Å². The number of aliphatic carboxylic acids is 1. The number of carboxylic acids is 1. The van der Waals surface area contributed by atoms with E-state index in [9.17, 15) is 146 Å². The fraction of sp³-hybridized carbons (Fsp3) is 0.411. The van der Waals surface area contributed by atoms with Gasteiger partial charge >= 0.3 is 41.2 Å². The Morgan fingerprint density at radius 3 is 1.04 bits per heavy atom. The minimum absolute atomic E-state index is 0.00243. The molecule has 1 aromatic heterocycles. The van der Waals surface area contributed by atoms with Crippen molar-refractivity contribution in [2.45, 2.75) is 191 Å². The summed E-state index contributed by atoms with van der Waals surface area (Å²) in [6.45, 7) is -4.70. The van der Waals surface area contributed by atoms with Gasteiger partial charge in [-0.1, -0.05) is 48.6 Å². The highest BCUT2D eigenvalue weighted by atomic mass is 16.8. The number of aliphatic hydroxyl groups is 20. The Balaban J connectivity index is 0.675. The normalized spacial score (nSPS) is 32.2. The van der Waals surface area contributed by atoms with Crippen molar-refractivity contribution in [3.05, 3.63) is 186 Å². The second-order valence-electron chi connectivity index (χ2n) is 32.0. The predicted molar refractivity (Wildman–Crippen MR) is 453 cm³/mol. The highest BCUT2D eigenvalue weighted by molar-refractivity contribution is 6.01. The molecule has 6 saturated heterocycles. The van der Waals surface area contributed by atoms with Gasteiger partial charge in [0.25, 0.3) is 5.95 Å². The average Bonchev–Trinajstić information content (AvgIpc) is 0.756. The lowest BCUT2D eigenvalue weighted by Gasteiger charge is -2.40. The van der Waals surface area contributed by atoms with Gasteiger partial charge in [0.2, 0.25) is 49.2 Å². The molecule has 0 radical (unpaired) electrons. The second kappa shape index (κ2) is 45.9. The van der Waals surface area contributed by atoms with Crippen LogP contribution in [0.15, 0.2) is 174 Å². The number of benzene rings is 5. The number of hydrogen-bond donors (Lipinski definition) is 24. The third kappa shape index (κ3) is 25.3. The maximum atomic E-state index is 13.4. The Morgan fingerprint density at radius 1 is 0.362 bits per heavy atom. The van der Waals surface area contributed by atoms with Gasteiger partial charge in [-0.15, -0.1) is 0 Å². The molecule has 6 aromatic rings. The number of phenols is 3. The molecule has 1 aliphatic carbocycles. The van der Waals surface area contributed by atoms with Crippen molar-refractivity contribution in [1.82, 2.24) is 0 Å². The fourth-order valence-corrected chi connectivity index (χ4v) is 14.5. The number of fused-ring (bicyclic) bond motifs is 1. The molecule has 6 aliphatic heterocycles. The van der Waals surface area contributed by atoms with Crippen LogP contribution in [0.4, 0.5) is 0 Å². The van der Waals surface area contributed by atoms with E-state index in [1.807, 2.05) is 0 Å². The summed E-state index contributed by atoms with van der Waals surface area (Å²) >= 11 is 0. The number of phenolic OH excluding ortho intramolecular Hbond substituents is 3. The molecular weight excluding hydrogens is 1850 g/mol. The summed E-state index contributed by atoms with van der Waals surface area (Å²) in [6.07, 6.45) is -43.0. The van der Waals surface area contributed by atoms with E-state index in [0.717, 1.165) is 54.6 Å². The van der Waals surface area contributed by atoms with Crippen LogP contribution in [0.25, 0.3) is 40.5 Å². The lowest BCUT2D eigenvalue weighted by atomic mass is 9.99. The molecule has 0 unspecified atom stereocenters. The fourth-order valence-electron chi connectivity index (χ4n) is 14.5.